The lowest BCUT2D eigenvalue weighted by Crippen LogP contribution is -2.42. The second-order valence-electron chi connectivity index (χ2n) is 6.23. The van der Waals surface area contributed by atoms with Gasteiger partial charge in [-0.15, -0.1) is 11.3 Å². The molecular formula is C17H23N5O4S. The molecule has 0 fully saturated rings. The van der Waals surface area contributed by atoms with Gasteiger partial charge in [-0.05, 0) is 12.0 Å². The fraction of sp³-hybridized carbons (Fsp3) is 0.412. The molecule has 9 nitrogen and oxygen atoms in total. The Morgan fingerprint density at radius 2 is 2.22 bits per heavy atom. The molecular weight excluding hydrogens is 370 g/mol. The number of methoxy groups -OCH3 is 1. The SMILES string of the molecule is COCCN(C(=O)/C=C/c1cscn1)c1c(N)n(CC(C)C)c(=O)[nH]c1=O. The maximum atomic E-state index is 12.7. The monoisotopic (exact) mass is 393 g/mol. The molecule has 2 heterocycles. The van der Waals surface area contributed by atoms with Crippen LogP contribution in [0, 0.1) is 5.92 Å². The highest BCUT2D eigenvalue weighted by Crippen LogP contribution is 2.18. The van der Waals surface area contributed by atoms with Gasteiger partial charge in [0.2, 0.25) is 0 Å². The molecule has 0 aliphatic heterocycles. The summed E-state index contributed by atoms with van der Waals surface area (Å²) >= 11 is 1.40. The summed E-state index contributed by atoms with van der Waals surface area (Å²) < 4.78 is 6.30. The fourth-order valence-corrected chi connectivity index (χ4v) is 2.97. The largest absolute Gasteiger partial charge is 0.383 e. The van der Waals surface area contributed by atoms with Gasteiger partial charge in [-0.3, -0.25) is 24.0 Å². The van der Waals surface area contributed by atoms with Crippen molar-refractivity contribution in [3.8, 4) is 0 Å². The maximum absolute atomic E-state index is 12.7. The van der Waals surface area contributed by atoms with E-state index in [1.165, 1.54) is 34.0 Å². The number of carbonyl (C=O) groups is 1. The topological polar surface area (TPSA) is 123 Å². The van der Waals surface area contributed by atoms with Crippen LogP contribution in [0.25, 0.3) is 6.08 Å². The second-order valence-corrected chi connectivity index (χ2v) is 6.95. The number of carbonyl (C=O) groups excluding carboxylic acids is 1. The lowest BCUT2D eigenvalue weighted by Gasteiger charge is -2.23. The van der Waals surface area contributed by atoms with Gasteiger partial charge in [0.15, 0.2) is 5.69 Å². The third kappa shape index (κ3) is 5.14. The standard InChI is InChI=1S/C17H23N5O4S/c1-11(2)8-22-15(18)14(16(24)20-17(22)25)21(6-7-26-3)13(23)5-4-12-9-27-10-19-12/h4-5,9-11H,6-8,18H2,1-3H3,(H,20,24,25)/b5-4+. The van der Waals surface area contributed by atoms with Crippen molar-refractivity contribution in [3.05, 3.63) is 43.5 Å². The van der Waals surface area contributed by atoms with Crippen LogP contribution in [0.3, 0.4) is 0 Å². The lowest BCUT2D eigenvalue weighted by atomic mass is 10.2. The van der Waals surface area contributed by atoms with Gasteiger partial charge in [0.1, 0.15) is 5.82 Å². The van der Waals surface area contributed by atoms with Crippen molar-refractivity contribution in [2.75, 3.05) is 30.9 Å². The Labute approximate surface area is 160 Å². The number of H-pyrrole nitrogens is 1. The number of hydrogen-bond donors (Lipinski definition) is 2. The Morgan fingerprint density at radius 1 is 1.48 bits per heavy atom. The van der Waals surface area contributed by atoms with Gasteiger partial charge in [0.05, 0.1) is 17.8 Å². The molecule has 0 atom stereocenters. The Morgan fingerprint density at radius 3 is 2.81 bits per heavy atom. The van der Waals surface area contributed by atoms with Crippen molar-refractivity contribution in [1.82, 2.24) is 14.5 Å². The molecule has 0 saturated heterocycles. The number of anilines is 2. The van der Waals surface area contributed by atoms with Crippen molar-refractivity contribution < 1.29 is 9.53 Å². The van der Waals surface area contributed by atoms with Crippen LogP contribution in [0.15, 0.2) is 26.6 Å². The molecule has 146 valence electrons. The molecule has 2 rings (SSSR count). The molecule has 2 aromatic heterocycles. The van der Waals surface area contributed by atoms with Crippen LogP contribution in [0.4, 0.5) is 11.5 Å². The maximum Gasteiger partial charge on any atom is 0.330 e. The summed E-state index contributed by atoms with van der Waals surface area (Å²) in [5.74, 6) is -0.396. The number of thiazole rings is 1. The zero-order valence-corrected chi connectivity index (χ0v) is 16.3. The Hall–Kier alpha value is -2.72. The number of nitrogens with zero attached hydrogens (tertiary/aromatic N) is 3. The third-order valence-electron chi connectivity index (χ3n) is 3.66. The first-order valence-corrected chi connectivity index (χ1v) is 9.28. The summed E-state index contributed by atoms with van der Waals surface area (Å²) in [6.07, 6.45) is 2.86. The first-order valence-electron chi connectivity index (χ1n) is 8.34. The van der Waals surface area contributed by atoms with Gasteiger partial charge in [0.25, 0.3) is 11.5 Å². The predicted molar refractivity (Wildman–Crippen MR) is 106 cm³/mol. The smallest absolute Gasteiger partial charge is 0.330 e. The molecule has 0 aliphatic carbocycles. The van der Waals surface area contributed by atoms with E-state index >= 15 is 0 Å². The first kappa shape index (κ1) is 20.6. The van der Waals surface area contributed by atoms with Crippen LogP contribution >= 0.6 is 11.3 Å². The van der Waals surface area contributed by atoms with E-state index in [0.717, 1.165) is 0 Å². The number of nitrogen functional groups attached to an aromatic ring is 1. The van der Waals surface area contributed by atoms with Gasteiger partial charge in [0, 0.05) is 31.7 Å². The molecule has 3 N–H and O–H groups in total. The van der Waals surface area contributed by atoms with Gasteiger partial charge >= 0.3 is 5.69 Å². The van der Waals surface area contributed by atoms with E-state index in [1.807, 2.05) is 13.8 Å². The highest BCUT2D eigenvalue weighted by Gasteiger charge is 2.23. The van der Waals surface area contributed by atoms with Crippen LogP contribution < -0.4 is 21.9 Å². The van der Waals surface area contributed by atoms with Crippen LogP contribution in [0.5, 0.6) is 0 Å². The molecule has 0 saturated carbocycles. The lowest BCUT2D eigenvalue weighted by molar-refractivity contribution is -0.114. The van der Waals surface area contributed by atoms with Crippen molar-refractivity contribution in [2.24, 2.45) is 5.92 Å². The summed E-state index contributed by atoms with van der Waals surface area (Å²) in [5.41, 5.74) is 7.00. The number of aromatic amines is 1. The van der Waals surface area contributed by atoms with Crippen LogP contribution in [-0.4, -0.2) is 40.7 Å². The minimum absolute atomic E-state index is 0.0519. The Bertz CT molecular complexity index is 914. The average Bonchev–Trinajstić information content (AvgIpc) is 3.12. The van der Waals surface area contributed by atoms with E-state index in [1.54, 1.807) is 17.0 Å². The summed E-state index contributed by atoms with van der Waals surface area (Å²) in [4.78, 5) is 44.8. The minimum atomic E-state index is -0.719. The van der Waals surface area contributed by atoms with Gasteiger partial charge in [-0.1, -0.05) is 13.8 Å². The Kier molecular flexibility index (Phi) is 7.08. The molecule has 2 aromatic rings. The van der Waals surface area contributed by atoms with Gasteiger partial charge < -0.3 is 10.5 Å². The summed E-state index contributed by atoms with van der Waals surface area (Å²) in [6, 6.07) is 0. The number of aromatic nitrogens is 3. The molecule has 0 unspecified atom stereocenters. The number of hydrogen-bond acceptors (Lipinski definition) is 7. The number of nitrogens with one attached hydrogen (secondary N) is 1. The number of nitrogens with two attached hydrogens (primary N) is 1. The third-order valence-corrected chi connectivity index (χ3v) is 4.27. The Balaban J connectivity index is 2.48. The van der Waals surface area contributed by atoms with E-state index < -0.39 is 17.2 Å². The van der Waals surface area contributed by atoms with Crippen molar-refractivity contribution >= 4 is 34.8 Å². The highest BCUT2D eigenvalue weighted by atomic mass is 32.1. The molecule has 27 heavy (non-hydrogen) atoms. The van der Waals surface area contributed by atoms with Crippen molar-refractivity contribution in [1.29, 1.82) is 0 Å². The molecule has 1 amide bonds. The summed E-state index contributed by atoms with van der Waals surface area (Å²) in [6.45, 7) is 4.44. The highest BCUT2D eigenvalue weighted by molar-refractivity contribution is 7.07. The zero-order chi connectivity index (χ0) is 20.0. The van der Waals surface area contributed by atoms with Crippen molar-refractivity contribution in [3.63, 3.8) is 0 Å². The average molecular weight is 393 g/mol. The molecule has 10 heteroatoms. The van der Waals surface area contributed by atoms with Crippen LogP contribution in [0.2, 0.25) is 0 Å². The fourth-order valence-electron chi connectivity index (χ4n) is 2.45. The molecule has 0 aliphatic rings. The van der Waals surface area contributed by atoms with Crippen LogP contribution in [-0.2, 0) is 16.1 Å². The number of amides is 1. The number of ether oxygens (including phenoxy) is 1. The van der Waals surface area contributed by atoms with E-state index in [9.17, 15) is 14.4 Å². The van der Waals surface area contributed by atoms with Crippen molar-refractivity contribution in [2.45, 2.75) is 20.4 Å². The van der Waals surface area contributed by atoms with E-state index in [4.69, 9.17) is 10.5 Å². The zero-order valence-electron chi connectivity index (χ0n) is 15.5. The van der Waals surface area contributed by atoms with E-state index in [2.05, 4.69) is 9.97 Å². The molecule has 0 spiro atoms. The van der Waals surface area contributed by atoms with E-state index in [0.29, 0.717) is 12.2 Å². The van der Waals surface area contributed by atoms with E-state index in [-0.39, 0.29) is 30.6 Å². The molecule has 0 aromatic carbocycles. The van der Waals surface area contributed by atoms with Gasteiger partial charge in [-0.25, -0.2) is 9.78 Å². The number of rotatable bonds is 8. The first-order chi connectivity index (χ1) is 12.8. The normalized spacial score (nSPS) is 11.4. The summed E-state index contributed by atoms with van der Waals surface area (Å²) in [5, 5.41) is 1.78. The predicted octanol–water partition coefficient (Wildman–Crippen LogP) is 0.924. The van der Waals surface area contributed by atoms with Gasteiger partial charge in [-0.2, -0.15) is 0 Å². The summed E-state index contributed by atoms with van der Waals surface area (Å²) in [7, 11) is 1.49. The molecule has 0 radical (unpaired) electrons. The van der Waals surface area contributed by atoms with Crippen LogP contribution in [0.1, 0.15) is 19.5 Å². The minimum Gasteiger partial charge on any atom is -0.383 e. The quantitative estimate of drug-likeness (QED) is 0.643. The molecule has 0 bridgehead atoms. The second kappa shape index (κ2) is 9.28.